The Morgan fingerprint density at radius 1 is 1.53 bits per heavy atom. The molecule has 0 aliphatic heterocycles. The van der Waals surface area contributed by atoms with Crippen LogP contribution in [0.4, 0.5) is 11.5 Å². The minimum atomic E-state index is -1.19. The van der Waals surface area contributed by atoms with Crippen molar-refractivity contribution >= 4 is 29.1 Å². The second-order valence-corrected chi connectivity index (χ2v) is 3.62. The quantitative estimate of drug-likeness (QED) is 0.857. The van der Waals surface area contributed by atoms with Gasteiger partial charge in [-0.15, -0.1) is 10.2 Å². The van der Waals surface area contributed by atoms with Gasteiger partial charge in [-0.2, -0.15) is 5.10 Å². The maximum Gasteiger partial charge on any atom is 0.358 e. The highest BCUT2D eigenvalue weighted by Gasteiger charge is 2.14. The number of anilines is 2. The van der Waals surface area contributed by atoms with E-state index < -0.39 is 5.97 Å². The summed E-state index contributed by atoms with van der Waals surface area (Å²) >= 11 is 5.66. The number of carbonyl (C=O) groups is 1. The molecule has 0 radical (unpaired) electrons. The van der Waals surface area contributed by atoms with E-state index in [1.54, 1.807) is 24.0 Å². The smallest absolute Gasteiger partial charge is 0.358 e. The summed E-state index contributed by atoms with van der Waals surface area (Å²) in [5.41, 5.74) is 0.0382. The van der Waals surface area contributed by atoms with Crippen LogP contribution in [0.2, 0.25) is 5.15 Å². The number of aromatic carboxylic acids is 1. The zero-order chi connectivity index (χ0) is 12.4. The molecule has 8 heteroatoms. The summed E-state index contributed by atoms with van der Waals surface area (Å²) in [6, 6.07) is 3.08. The van der Waals surface area contributed by atoms with E-state index in [1.165, 1.54) is 6.07 Å². The first-order valence-corrected chi connectivity index (χ1v) is 4.97. The van der Waals surface area contributed by atoms with Crippen molar-refractivity contribution in [3.63, 3.8) is 0 Å². The molecule has 0 aliphatic carbocycles. The Hall–Kier alpha value is -2.15. The number of hydrogen-bond acceptors (Lipinski definition) is 5. The highest BCUT2D eigenvalue weighted by Crippen LogP contribution is 2.20. The third kappa shape index (κ3) is 2.51. The minimum Gasteiger partial charge on any atom is -0.476 e. The molecule has 0 fully saturated rings. The van der Waals surface area contributed by atoms with Crippen LogP contribution in [0.25, 0.3) is 0 Å². The molecule has 2 aromatic heterocycles. The Bertz CT molecular complexity index is 568. The van der Waals surface area contributed by atoms with Gasteiger partial charge in [-0.1, -0.05) is 11.6 Å². The average Bonchev–Trinajstić information content (AvgIpc) is 2.63. The number of aromatic nitrogens is 4. The lowest BCUT2D eigenvalue weighted by Gasteiger charge is -2.05. The molecule has 2 N–H and O–H groups in total. The maximum atomic E-state index is 10.9. The monoisotopic (exact) mass is 253 g/mol. The Morgan fingerprint density at radius 2 is 2.29 bits per heavy atom. The molecular formula is C9H8ClN5O2. The van der Waals surface area contributed by atoms with Gasteiger partial charge >= 0.3 is 5.97 Å². The molecule has 0 bridgehead atoms. The van der Waals surface area contributed by atoms with Crippen LogP contribution in [0.5, 0.6) is 0 Å². The van der Waals surface area contributed by atoms with Gasteiger partial charge in [0.15, 0.2) is 16.7 Å². The highest BCUT2D eigenvalue weighted by molar-refractivity contribution is 6.29. The molecule has 0 saturated carbocycles. The first-order valence-electron chi connectivity index (χ1n) is 4.59. The highest BCUT2D eigenvalue weighted by atomic mass is 35.5. The van der Waals surface area contributed by atoms with Crippen LogP contribution in [0.15, 0.2) is 18.3 Å². The number of rotatable bonds is 3. The molecule has 0 saturated heterocycles. The summed E-state index contributed by atoms with van der Waals surface area (Å²) in [6.07, 6.45) is 1.72. The van der Waals surface area contributed by atoms with Crippen molar-refractivity contribution in [2.45, 2.75) is 0 Å². The number of carboxylic acid groups (broad SMARTS) is 1. The van der Waals surface area contributed by atoms with Crippen LogP contribution >= 0.6 is 11.6 Å². The predicted molar refractivity (Wildman–Crippen MR) is 60.5 cm³/mol. The molecule has 0 spiro atoms. The first-order chi connectivity index (χ1) is 8.06. The number of nitrogens with zero attached hydrogens (tertiary/aromatic N) is 4. The predicted octanol–water partition coefficient (Wildman–Crippen LogP) is 1.31. The largest absolute Gasteiger partial charge is 0.476 e. The zero-order valence-electron chi connectivity index (χ0n) is 8.75. The molecular weight excluding hydrogens is 246 g/mol. The molecule has 2 aromatic rings. The van der Waals surface area contributed by atoms with Crippen LogP contribution < -0.4 is 5.32 Å². The summed E-state index contributed by atoms with van der Waals surface area (Å²) in [6.45, 7) is 0. The van der Waals surface area contributed by atoms with Gasteiger partial charge in [0.05, 0.1) is 5.69 Å². The normalized spacial score (nSPS) is 10.2. The van der Waals surface area contributed by atoms with Gasteiger partial charge in [-0.25, -0.2) is 4.79 Å². The SMILES string of the molecule is Cn1ccc(Nc2cc(Cl)nnc2C(=O)O)n1. The number of hydrogen-bond donors (Lipinski definition) is 2. The van der Waals surface area contributed by atoms with E-state index in [4.69, 9.17) is 16.7 Å². The Labute approximate surface area is 101 Å². The van der Waals surface area contributed by atoms with E-state index in [0.29, 0.717) is 5.82 Å². The fourth-order valence-electron chi connectivity index (χ4n) is 1.24. The molecule has 0 atom stereocenters. The summed E-state index contributed by atoms with van der Waals surface area (Å²) in [4.78, 5) is 10.9. The number of carboxylic acids is 1. The second kappa shape index (κ2) is 4.38. The van der Waals surface area contributed by atoms with Gasteiger partial charge < -0.3 is 10.4 Å². The number of aryl methyl sites for hydroxylation is 1. The molecule has 17 heavy (non-hydrogen) atoms. The first kappa shape index (κ1) is 11.3. The molecule has 0 unspecified atom stereocenters. The van der Waals surface area contributed by atoms with E-state index in [1.807, 2.05) is 0 Å². The molecule has 0 aliphatic rings. The van der Waals surface area contributed by atoms with E-state index in [9.17, 15) is 4.79 Å². The second-order valence-electron chi connectivity index (χ2n) is 3.23. The van der Waals surface area contributed by atoms with Crippen molar-refractivity contribution in [3.05, 3.63) is 29.2 Å². The van der Waals surface area contributed by atoms with Crippen LogP contribution in [0.3, 0.4) is 0 Å². The van der Waals surface area contributed by atoms with Crippen LogP contribution in [0.1, 0.15) is 10.5 Å². The lowest BCUT2D eigenvalue weighted by molar-refractivity contribution is 0.0690. The van der Waals surface area contributed by atoms with Gasteiger partial charge in [-0.3, -0.25) is 4.68 Å². The van der Waals surface area contributed by atoms with Gasteiger partial charge in [0, 0.05) is 25.4 Å². The molecule has 88 valence electrons. The van der Waals surface area contributed by atoms with Crippen molar-refractivity contribution in [1.29, 1.82) is 0 Å². The lowest BCUT2D eigenvalue weighted by Crippen LogP contribution is -2.07. The van der Waals surface area contributed by atoms with Gasteiger partial charge in [0.1, 0.15) is 0 Å². The van der Waals surface area contributed by atoms with Crippen LogP contribution in [-0.2, 0) is 7.05 Å². The van der Waals surface area contributed by atoms with Crippen LogP contribution in [-0.4, -0.2) is 31.1 Å². The third-order valence-corrected chi connectivity index (χ3v) is 2.13. The van der Waals surface area contributed by atoms with Crippen molar-refractivity contribution in [1.82, 2.24) is 20.0 Å². The summed E-state index contributed by atoms with van der Waals surface area (Å²) in [5, 5.41) is 22.9. The lowest BCUT2D eigenvalue weighted by atomic mass is 10.3. The van der Waals surface area contributed by atoms with Crippen molar-refractivity contribution in [3.8, 4) is 0 Å². The minimum absolute atomic E-state index is 0.105. The van der Waals surface area contributed by atoms with E-state index >= 15 is 0 Å². The Morgan fingerprint density at radius 3 is 2.88 bits per heavy atom. The number of nitrogens with one attached hydrogen (secondary N) is 1. The molecule has 0 aromatic carbocycles. The molecule has 2 heterocycles. The van der Waals surface area contributed by atoms with Crippen molar-refractivity contribution in [2.75, 3.05) is 5.32 Å². The Balaban J connectivity index is 2.37. The van der Waals surface area contributed by atoms with E-state index in [-0.39, 0.29) is 16.5 Å². The van der Waals surface area contributed by atoms with Crippen LogP contribution in [0, 0.1) is 0 Å². The molecule has 0 amide bonds. The standard InChI is InChI=1S/C9H8ClN5O2/c1-15-3-2-7(14-15)11-5-4-6(10)12-13-8(5)9(16)17/h2-4H,1H3,(H,16,17)(H,11,12,14). The summed E-state index contributed by atoms with van der Waals surface area (Å²) in [7, 11) is 1.75. The summed E-state index contributed by atoms with van der Waals surface area (Å²) < 4.78 is 1.58. The average molecular weight is 254 g/mol. The topological polar surface area (TPSA) is 92.9 Å². The summed E-state index contributed by atoms with van der Waals surface area (Å²) in [5.74, 6) is -0.688. The Kier molecular flexibility index (Phi) is 2.92. The third-order valence-electron chi connectivity index (χ3n) is 1.94. The van der Waals surface area contributed by atoms with Gasteiger partial charge in [0.2, 0.25) is 0 Å². The van der Waals surface area contributed by atoms with Gasteiger partial charge in [-0.05, 0) is 0 Å². The fourth-order valence-corrected chi connectivity index (χ4v) is 1.39. The molecule has 7 nitrogen and oxygen atoms in total. The van der Waals surface area contributed by atoms with E-state index in [0.717, 1.165) is 0 Å². The van der Waals surface area contributed by atoms with Crippen molar-refractivity contribution in [2.24, 2.45) is 7.05 Å². The zero-order valence-corrected chi connectivity index (χ0v) is 9.51. The fraction of sp³-hybridized carbons (Fsp3) is 0.111. The van der Waals surface area contributed by atoms with E-state index in [2.05, 4.69) is 20.6 Å². The molecule has 2 rings (SSSR count). The number of halogens is 1. The van der Waals surface area contributed by atoms with Crippen molar-refractivity contribution < 1.29 is 9.90 Å². The van der Waals surface area contributed by atoms with Gasteiger partial charge in [0.25, 0.3) is 0 Å². The maximum absolute atomic E-state index is 10.9.